The van der Waals surface area contributed by atoms with E-state index in [9.17, 15) is 9.59 Å². The molecule has 0 aliphatic heterocycles. The molecule has 0 aliphatic rings. The zero-order chi connectivity index (χ0) is 13.1. The minimum absolute atomic E-state index is 0.176. The number of aliphatic carboxylic acids is 1. The Bertz CT molecular complexity index is 562. The number of rotatable bonds is 4. The highest BCUT2D eigenvalue weighted by Crippen LogP contribution is 2.19. The molecular weight excluding hydrogens is 254 g/mol. The highest BCUT2D eigenvalue weighted by molar-refractivity contribution is 7.10. The van der Waals surface area contributed by atoms with Gasteiger partial charge in [-0.1, -0.05) is 6.07 Å². The van der Waals surface area contributed by atoms with E-state index in [1.807, 2.05) is 0 Å². The van der Waals surface area contributed by atoms with Gasteiger partial charge >= 0.3 is 5.97 Å². The van der Waals surface area contributed by atoms with Crippen LogP contribution in [0.2, 0.25) is 0 Å². The summed E-state index contributed by atoms with van der Waals surface area (Å²) >= 11 is 1.28. The van der Waals surface area contributed by atoms with Crippen LogP contribution in [-0.2, 0) is 4.79 Å². The summed E-state index contributed by atoms with van der Waals surface area (Å²) in [5.74, 6) is -1.61. The predicted octanol–water partition coefficient (Wildman–Crippen LogP) is 1.34. The number of carboxylic acids is 1. The minimum Gasteiger partial charge on any atom is -0.479 e. The Hall–Kier alpha value is -2.15. The molecule has 94 valence electrons. The molecule has 2 heterocycles. The Morgan fingerprint density at radius 1 is 1.56 bits per heavy atom. The first-order valence-electron chi connectivity index (χ1n) is 5.17. The zero-order valence-corrected chi connectivity index (χ0v) is 10.3. The second-order valence-electron chi connectivity index (χ2n) is 3.70. The first-order valence-corrected chi connectivity index (χ1v) is 6.05. The molecule has 2 rings (SSSR count). The number of thiophene rings is 1. The van der Waals surface area contributed by atoms with Gasteiger partial charge in [-0.25, -0.2) is 4.79 Å². The van der Waals surface area contributed by atoms with Crippen molar-refractivity contribution >= 4 is 23.2 Å². The molecule has 7 heteroatoms. The SMILES string of the molecule is Cc1cc(C(=O)NC(C(=O)O)c2cccs2)n[nH]1. The average Bonchev–Trinajstić information content (AvgIpc) is 2.95. The highest BCUT2D eigenvalue weighted by Gasteiger charge is 2.24. The van der Waals surface area contributed by atoms with E-state index in [4.69, 9.17) is 5.11 Å². The summed E-state index contributed by atoms with van der Waals surface area (Å²) in [6.07, 6.45) is 0. The van der Waals surface area contributed by atoms with Crippen LogP contribution in [0, 0.1) is 6.92 Å². The fourth-order valence-electron chi connectivity index (χ4n) is 1.45. The topological polar surface area (TPSA) is 95.1 Å². The lowest BCUT2D eigenvalue weighted by atomic mass is 10.2. The molecule has 0 aliphatic carbocycles. The maximum absolute atomic E-state index is 11.8. The van der Waals surface area contributed by atoms with E-state index in [0.717, 1.165) is 5.69 Å². The van der Waals surface area contributed by atoms with E-state index >= 15 is 0 Å². The van der Waals surface area contributed by atoms with E-state index in [0.29, 0.717) is 4.88 Å². The van der Waals surface area contributed by atoms with Crippen molar-refractivity contribution in [2.75, 3.05) is 0 Å². The van der Waals surface area contributed by atoms with Gasteiger partial charge < -0.3 is 10.4 Å². The molecule has 1 amide bonds. The fraction of sp³-hybridized carbons (Fsp3) is 0.182. The minimum atomic E-state index is -1.10. The van der Waals surface area contributed by atoms with Crippen molar-refractivity contribution in [2.45, 2.75) is 13.0 Å². The number of H-pyrrole nitrogens is 1. The Labute approximate surface area is 107 Å². The van der Waals surface area contributed by atoms with Gasteiger partial charge in [-0.05, 0) is 24.4 Å². The maximum atomic E-state index is 11.8. The number of aromatic amines is 1. The van der Waals surface area contributed by atoms with E-state index < -0.39 is 17.9 Å². The van der Waals surface area contributed by atoms with E-state index in [2.05, 4.69) is 15.5 Å². The summed E-state index contributed by atoms with van der Waals surface area (Å²) in [6, 6.07) is 3.91. The van der Waals surface area contributed by atoms with Gasteiger partial charge in [-0.2, -0.15) is 5.10 Å². The second kappa shape index (κ2) is 5.01. The van der Waals surface area contributed by atoms with Crippen molar-refractivity contribution in [3.8, 4) is 0 Å². The van der Waals surface area contributed by atoms with Gasteiger partial charge in [0, 0.05) is 10.6 Å². The van der Waals surface area contributed by atoms with Gasteiger partial charge in [0.15, 0.2) is 6.04 Å². The molecule has 0 saturated heterocycles. The molecule has 0 bridgehead atoms. The van der Waals surface area contributed by atoms with Crippen molar-refractivity contribution in [3.05, 3.63) is 39.8 Å². The third-order valence-corrected chi connectivity index (χ3v) is 3.23. The second-order valence-corrected chi connectivity index (χ2v) is 4.68. The number of aryl methyl sites for hydroxylation is 1. The van der Waals surface area contributed by atoms with Gasteiger partial charge in [0.1, 0.15) is 5.69 Å². The van der Waals surface area contributed by atoms with E-state index in [1.165, 1.54) is 11.3 Å². The molecule has 1 unspecified atom stereocenters. The molecule has 0 fully saturated rings. The Kier molecular flexibility index (Phi) is 3.42. The van der Waals surface area contributed by atoms with Crippen molar-refractivity contribution in [2.24, 2.45) is 0 Å². The summed E-state index contributed by atoms with van der Waals surface area (Å²) in [4.78, 5) is 23.5. The number of hydrogen-bond donors (Lipinski definition) is 3. The number of carboxylic acid groups (broad SMARTS) is 1. The highest BCUT2D eigenvalue weighted by atomic mass is 32.1. The van der Waals surface area contributed by atoms with E-state index in [-0.39, 0.29) is 5.69 Å². The lowest BCUT2D eigenvalue weighted by Gasteiger charge is -2.11. The summed E-state index contributed by atoms with van der Waals surface area (Å²) in [5, 5.41) is 19.7. The van der Waals surface area contributed by atoms with Crippen molar-refractivity contribution < 1.29 is 14.7 Å². The lowest BCUT2D eigenvalue weighted by molar-refractivity contribution is -0.139. The number of nitrogens with one attached hydrogen (secondary N) is 2. The molecule has 0 aromatic carbocycles. The molecule has 3 N–H and O–H groups in total. The number of nitrogens with zero attached hydrogens (tertiary/aromatic N) is 1. The summed E-state index contributed by atoms with van der Waals surface area (Å²) < 4.78 is 0. The van der Waals surface area contributed by atoms with Gasteiger partial charge in [-0.15, -0.1) is 11.3 Å². The first kappa shape index (κ1) is 12.3. The number of carbonyl (C=O) groups excluding carboxylic acids is 1. The van der Waals surface area contributed by atoms with Crippen LogP contribution in [0.3, 0.4) is 0 Å². The predicted molar refractivity (Wildman–Crippen MR) is 65.5 cm³/mol. The molecule has 2 aromatic heterocycles. The number of aromatic nitrogens is 2. The fourth-order valence-corrected chi connectivity index (χ4v) is 2.22. The van der Waals surface area contributed by atoms with Crippen LogP contribution in [0.25, 0.3) is 0 Å². The third-order valence-electron chi connectivity index (χ3n) is 2.29. The standard InChI is InChI=1S/C11H11N3O3S/c1-6-5-7(14-13-6)10(15)12-9(11(16)17)8-3-2-4-18-8/h2-5,9H,1H3,(H,12,15)(H,13,14)(H,16,17). The van der Waals surface area contributed by atoms with Gasteiger partial charge in [0.05, 0.1) is 0 Å². The zero-order valence-electron chi connectivity index (χ0n) is 9.51. The van der Waals surface area contributed by atoms with Crippen LogP contribution < -0.4 is 5.32 Å². The van der Waals surface area contributed by atoms with E-state index in [1.54, 1.807) is 30.5 Å². The Morgan fingerprint density at radius 3 is 2.83 bits per heavy atom. The van der Waals surface area contributed by atoms with Crippen LogP contribution in [0.4, 0.5) is 0 Å². The van der Waals surface area contributed by atoms with Gasteiger partial charge in [-0.3, -0.25) is 9.89 Å². The number of carbonyl (C=O) groups is 2. The Morgan fingerprint density at radius 2 is 2.33 bits per heavy atom. The smallest absolute Gasteiger partial charge is 0.331 e. The molecule has 1 atom stereocenters. The maximum Gasteiger partial charge on any atom is 0.331 e. The van der Waals surface area contributed by atoms with Crippen LogP contribution in [0.15, 0.2) is 23.6 Å². The molecule has 18 heavy (non-hydrogen) atoms. The van der Waals surface area contributed by atoms with Crippen LogP contribution in [-0.4, -0.2) is 27.2 Å². The van der Waals surface area contributed by atoms with Crippen LogP contribution in [0.5, 0.6) is 0 Å². The molecule has 0 saturated carbocycles. The summed E-state index contributed by atoms with van der Waals surface area (Å²) in [6.45, 7) is 1.76. The molecule has 6 nitrogen and oxygen atoms in total. The lowest BCUT2D eigenvalue weighted by Crippen LogP contribution is -2.33. The quantitative estimate of drug-likeness (QED) is 0.777. The largest absolute Gasteiger partial charge is 0.479 e. The Balaban J connectivity index is 2.15. The first-order chi connectivity index (χ1) is 8.58. The van der Waals surface area contributed by atoms with Gasteiger partial charge in [0.25, 0.3) is 5.91 Å². The summed E-state index contributed by atoms with van der Waals surface area (Å²) in [7, 11) is 0. The monoisotopic (exact) mass is 265 g/mol. The van der Waals surface area contributed by atoms with Crippen molar-refractivity contribution in [3.63, 3.8) is 0 Å². The molecular formula is C11H11N3O3S. The van der Waals surface area contributed by atoms with Crippen LogP contribution >= 0.6 is 11.3 Å². The van der Waals surface area contributed by atoms with Crippen LogP contribution in [0.1, 0.15) is 27.1 Å². The molecule has 0 radical (unpaired) electrons. The molecule has 2 aromatic rings. The van der Waals surface area contributed by atoms with Crippen molar-refractivity contribution in [1.82, 2.24) is 15.5 Å². The average molecular weight is 265 g/mol. The van der Waals surface area contributed by atoms with Crippen molar-refractivity contribution in [1.29, 1.82) is 0 Å². The summed E-state index contributed by atoms with van der Waals surface area (Å²) in [5.41, 5.74) is 0.915. The van der Waals surface area contributed by atoms with Gasteiger partial charge in [0.2, 0.25) is 0 Å². The number of amides is 1. The third kappa shape index (κ3) is 2.57. The molecule has 0 spiro atoms. The number of hydrogen-bond acceptors (Lipinski definition) is 4. The normalized spacial score (nSPS) is 12.1.